The van der Waals surface area contributed by atoms with Gasteiger partial charge in [0.15, 0.2) is 0 Å². The van der Waals surface area contributed by atoms with Gasteiger partial charge in [-0.2, -0.15) is 5.10 Å². The smallest absolute Gasteiger partial charge is 0.228 e. The number of nitrogens with zero attached hydrogens (tertiary/aromatic N) is 4. The summed E-state index contributed by atoms with van der Waals surface area (Å²) in [4.78, 5) is 21.6. The lowest BCUT2D eigenvalue weighted by atomic mass is 9.85. The van der Waals surface area contributed by atoms with Crippen LogP contribution in [0.1, 0.15) is 25.7 Å². The van der Waals surface area contributed by atoms with Gasteiger partial charge in [0.2, 0.25) is 5.91 Å². The summed E-state index contributed by atoms with van der Waals surface area (Å²) in [7, 11) is 3.60. The summed E-state index contributed by atoms with van der Waals surface area (Å²) in [5, 5.41) is 11.6. The normalized spacial score (nSPS) is 19.1. The van der Waals surface area contributed by atoms with Gasteiger partial charge in [-0.25, -0.2) is 4.98 Å². The molecule has 3 aromatic heterocycles. The number of rotatable bonds is 7. The van der Waals surface area contributed by atoms with Crippen molar-refractivity contribution in [1.29, 1.82) is 0 Å². The monoisotopic (exact) mass is 408 g/mol. The average Bonchev–Trinajstić information content (AvgIpc) is 3.20. The van der Waals surface area contributed by atoms with Crippen LogP contribution in [0, 0.1) is 5.92 Å². The Balaban J connectivity index is 1.39. The molecule has 1 aliphatic carbocycles. The Morgan fingerprint density at radius 2 is 1.97 bits per heavy atom. The molecule has 4 rings (SSSR count). The van der Waals surface area contributed by atoms with Crippen molar-refractivity contribution in [2.45, 2.75) is 31.7 Å². The zero-order chi connectivity index (χ0) is 20.9. The van der Waals surface area contributed by atoms with E-state index in [1.54, 1.807) is 18.0 Å². The molecule has 8 nitrogen and oxygen atoms in total. The number of anilines is 1. The number of fused-ring (bicyclic) bond motifs is 1. The lowest BCUT2D eigenvalue weighted by molar-refractivity contribution is -0.120. The Morgan fingerprint density at radius 1 is 1.13 bits per heavy atom. The summed E-state index contributed by atoms with van der Waals surface area (Å²) in [5.74, 6) is 0.648. The molecule has 0 unspecified atom stereocenters. The second-order valence-corrected chi connectivity index (χ2v) is 7.87. The number of amides is 1. The van der Waals surface area contributed by atoms with E-state index in [0.29, 0.717) is 18.5 Å². The number of carbonyl (C=O) groups excluding carboxylic acids is 1. The molecule has 0 saturated heterocycles. The Labute approximate surface area is 176 Å². The van der Waals surface area contributed by atoms with Crippen molar-refractivity contribution in [2.75, 3.05) is 25.6 Å². The molecule has 158 valence electrons. The zero-order valence-corrected chi connectivity index (χ0v) is 17.5. The average molecular weight is 409 g/mol. The molecule has 8 heteroatoms. The number of aryl methyl sites for hydroxylation is 1. The van der Waals surface area contributed by atoms with Gasteiger partial charge in [-0.1, -0.05) is 0 Å². The lowest BCUT2D eigenvalue weighted by Gasteiger charge is -2.28. The number of ether oxygens (including phenoxy) is 1. The van der Waals surface area contributed by atoms with E-state index in [0.717, 1.165) is 54.3 Å². The van der Waals surface area contributed by atoms with Gasteiger partial charge < -0.3 is 15.4 Å². The van der Waals surface area contributed by atoms with E-state index in [9.17, 15) is 4.79 Å². The van der Waals surface area contributed by atoms with Crippen molar-refractivity contribution in [3.8, 4) is 11.1 Å². The SMILES string of the molecule is COCCNC1CCC(C(=O)Nc2cc3cc(-c4cnn(C)c4)cnc3cn2)CC1. The second kappa shape index (κ2) is 9.32. The molecular formula is C22H28N6O2. The van der Waals surface area contributed by atoms with Gasteiger partial charge in [-0.15, -0.1) is 0 Å². The number of carbonyl (C=O) groups is 1. The standard InChI is InChI=1S/C22H28N6O2/c1-28-14-18(12-26-28)17-9-16-10-21(25-13-20(16)24-11-17)27-22(29)15-3-5-19(6-4-15)23-7-8-30-2/h9-15,19,23H,3-8H2,1-2H3,(H,25,27,29). The van der Waals surface area contributed by atoms with Crippen molar-refractivity contribution in [1.82, 2.24) is 25.1 Å². The first-order valence-corrected chi connectivity index (χ1v) is 10.4. The van der Waals surface area contributed by atoms with E-state index in [1.165, 1.54) is 0 Å². The number of pyridine rings is 2. The second-order valence-electron chi connectivity index (χ2n) is 7.87. The highest BCUT2D eigenvalue weighted by atomic mass is 16.5. The third-order valence-electron chi connectivity index (χ3n) is 5.69. The molecule has 0 aliphatic heterocycles. The molecule has 0 radical (unpaired) electrons. The maximum absolute atomic E-state index is 12.7. The first kappa shape index (κ1) is 20.4. The van der Waals surface area contributed by atoms with E-state index in [2.05, 4.69) is 25.7 Å². The predicted octanol–water partition coefficient (Wildman–Crippen LogP) is 2.76. The minimum Gasteiger partial charge on any atom is -0.383 e. The van der Waals surface area contributed by atoms with Gasteiger partial charge in [-0.3, -0.25) is 14.5 Å². The van der Waals surface area contributed by atoms with Crippen LogP contribution < -0.4 is 10.6 Å². The molecule has 0 atom stereocenters. The predicted molar refractivity (Wildman–Crippen MR) is 116 cm³/mol. The minimum atomic E-state index is 0.0304. The van der Waals surface area contributed by atoms with E-state index in [1.807, 2.05) is 37.8 Å². The maximum Gasteiger partial charge on any atom is 0.228 e. The van der Waals surface area contributed by atoms with Crippen LogP contribution in [0.15, 0.2) is 36.9 Å². The lowest BCUT2D eigenvalue weighted by Crippen LogP contribution is -2.37. The quantitative estimate of drug-likeness (QED) is 0.584. The molecule has 1 saturated carbocycles. The highest BCUT2D eigenvalue weighted by molar-refractivity contribution is 5.94. The fraction of sp³-hybridized carbons (Fsp3) is 0.455. The molecule has 2 N–H and O–H groups in total. The highest BCUT2D eigenvalue weighted by Gasteiger charge is 2.26. The molecule has 1 amide bonds. The summed E-state index contributed by atoms with van der Waals surface area (Å²) in [5.41, 5.74) is 2.78. The number of methoxy groups -OCH3 is 1. The fourth-order valence-electron chi connectivity index (χ4n) is 3.98. The Bertz CT molecular complexity index is 1010. The summed E-state index contributed by atoms with van der Waals surface area (Å²) < 4.78 is 6.84. The van der Waals surface area contributed by atoms with Crippen LogP contribution in [0.5, 0.6) is 0 Å². The maximum atomic E-state index is 12.7. The van der Waals surface area contributed by atoms with E-state index in [4.69, 9.17) is 4.74 Å². The highest BCUT2D eigenvalue weighted by Crippen LogP contribution is 2.27. The first-order valence-electron chi connectivity index (χ1n) is 10.4. The molecule has 1 aliphatic rings. The van der Waals surface area contributed by atoms with Gasteiger partial charge in [0.1, 0.15) is 5.82 Å². The molecule has 1 fully saturated rings. The molecule has 0 spiro atoms. The van der Waals surface area contributed by atoms with E-state index < -0.39 is 0 Å². The first-order chi connectivity index (χ1) is 14.6. The van der Waals surface area contributed by atoms with Crippen LogP contribution in [0.4, 0.5) is 5.82 Å². The summed E-state index contributed by atoms with van der Waals surface area (Å²) >= 11 is 0. The van der Waals surface area contributed by atoms with Gasteiger partial charge in [0, 0.05) is 61.6 Å². The fourth-order valence-corrected chi connectivity index (χ4v) is 3.98. The Kier molecular flexibility index (Phi) is 6.35. The Morgan fingerprint density at radius 3 is 2.70 bits per heavy atom. The van der Waals surface area contributed by atoms with Gasteiger partial charge >= 0.3 is 0 Å². The van der Waals surface area contributed by atoms with Crippen LogP contribution in [0.2, 0.25) is 0 Å². The van der Waals surface area contributed by atoms with Crippen molar-refractivity contribution in [2.24, 2.45) is 13.0 Å². The number of hydrogen-bond acceptors (Lipinski definition) is 6. The van der Waals surface area contributed by atoms with E-state index >= 15 is 0 Å². The van der Waals surface area contributed by atoms with Crippen LogP contribution in [-0.2, 0) is 16.6 Å². The Hall–Kier alpha value is -2.84. The summed E-state index contributed by atoms with van der Waals surface area (Å²) in [6.45, 7) is 1.57. The third kappa shape index (κ3) is 4.83. The molecule has 0 aromatic carbocycles. The zero-order valence-electron chi connectivity index (χ0n) is 17.5. The van der Waals surface area contributed by atoms with Crippen molar-refractivity contribution >= 4 is 22.6 Å². The van der Waals surface area contributed by atoms with Crippen LogP contribution >= 0.6 is 0 Å². The molecule has 0 bridgehead atoms. The van der Waals surface area contributed by atoms with Crippen LogP contribution in [0.3, 0.4) is 0 Å². The topological polar surface area (TPSA) is 94.0 Å². The molecule has 30 heavy (non-hydrogen) atoms. The van der Waals surface area contributed by atoms with Crippen molar-refractivity contribution in [3.63, 3.8) is 0 Å². The summed E-state index contributed by atoms with van der Waals surface area (Å²) in [6, 6.07) is 4.41. The van der Waals surface area contributed by atoms with E-state index in [-0.39, 0.29) is 11.8 Å². The largest absolute Gasteiger partial charge is 0.383 e. The van der Waals surface area contributed by atoms with Crippen molar-refractivity contribution in [3.05, 3.63) is 36.9 Å². The van der Waals surface area contributed by atoms with Gasteiger partial charge in [-0.05, 0) is 37.8 Å². The minimum absolute atomic E-state index is 0.0304. The molecule has 3 aromatic rings. The van der Waals surface area contributed by atoms with Crippen molar-refractivity contribution < 1.29 is 9.53 Å². The molecular weight excluding hydrogens is 380 g/mol. The van der Waals surface area contributed by atoms with Crippen LogP contribution in [0.25, 0.3) is 22.0 Å². The number of nitrogens with one attached hydrogen (secondary N) is 2. The van der Waals surface area contributed by atoms with Crippen LogP contribution in [-0.4, -0.2) is 52.0 Å². The number of aromatic nitrogens is 4. The number of hydrogen-bond donors (Lipinski definition) is 2. The third-order valence-corrected chi connectivity index (χ3v) is 5.69. The summed E-state index contributed by atoms with van der Waals surface area (Å²) in [6.07, 6.45) is 11.1. The van der Waals surface area contributed by atoms with Gasteiger partial charge in [0.25, 0.3) is 0 Å². The molecule has 3 heterocycles. The van der Waals surface area contributed by atoms with Gasteiger partial charge in [0.05, 0.1) is 24.5 Å².